The summed E-state index contributed by atoms with van der Waals surface area (Å²) in [6, 6.07) is 20.9. The first kappa shape index (κ1) is 27.6. The number of likely N-dealkylation sites (N-methyl/N-ethyl adjacent to an activating group) is 1. The van der Waals surface area contributed by atoms with E-state index in [1.54, 1.807) is 17.6 Å². The van der Waals surface area contributed by atoms with Crippen LogP contribution in [0.25, 0.3) is 11.0 Å². The highest BCUT2D eigenvalue weighted by Crippen LogP contribution is 2.33. The van der Waals surface area contributed by atoms with Crippen LogP contribution in [0.1, 0.15) is 51.4 Å². The van der Waals surface area contributed by atoms with E-state index in [-0.39, 0.29) is 0 Å². The van der Waals surface area contributed by atoms with Crippen LogP contribution in [-0.2, 0) is 19.6 Å². The van der Waals surface area contributed by atoms with E-state index in [4.69, 9.17) is 10.2 Å². The molecule has 0 saturated carbocycles. The van der Waals surface area contributed by atoms with Gasteiger partial charge in [0.1, 0.15) is 5.65 Å². The van der Waals surface area contributed by atoms with Crippen molar-refractivity contribution in [3.63, 3.8) is 0 Å². The van der Waals surface area contributed by atoms with E-state index in [0.29, 0.717) is 18.0 Å². The molecule has 4 heterocycles. The number of nitrogens with one attached hydrogen (secondary N) is 1. The summed E-state index contributed by atoms with van der Waals surface area (Å²) in [6.07, 6.45) is 6.36. The van der Waals surface area contributed by atoms with E-state index in [1.807, 2.05) is 18.3 Å². The molecule has 2 aromatic carbocycles. The second-order valence-corrected chi connectivity index (χ2v) is 11.7. The number of fused-ring (bicyclic) bond motifs is 1. The Morgan fingerprint density at radius 1 is 0.854 bits per heavy atom. The molecular formula is C33H40N6O2. The van der Waals surface area contributed by atoms with Crippen LogP contribution in [0.4, 0.5) is 0 Å². The van der Waals surface area contributed by atoms with E-state index < -0.39 is 5.91 Å². The molecule has 8 heteroatoms. The lowest BCUT2D eigenvalue weighted by Gasteiger charge is -2.33. The van der Waals surface area contributed by atoms with Crippen LogP contribution in [0, 0.1) is 0 Å². The fraction of sp³-hybridized carbons (Fsp3) is 0.394. The summed E-state index contributed by atoms with van der Waals surface area (Å²) >= 11 is 0. The van der Waals surface area contributed by atoms with Gasteiger partial charge >= 0.3 is 0 Å². The summed E-state index contributed by atoms with van der Waals surface area (Å²) in [5.41, 5.74) is 8.43. The van der Waals surface area contributed by atoms with E-state index in [2.05, 4.69) is 68.9 Å². The zero-order chi connectivity index (χ0) is 28.2. The molecule has 2 saturated heterocycles. The molecule has 0 radical (unpaired) electrons. The minimum absolute atomic E-state index is 0.429. The van der Waals surface area contributed by atoms with Gasteiger partial charge in [-0.25, -0.2) is 10.5 Å². The third kappa shape index (κ3) is 6.52. The molecule has 4 aromatic rings. The Morgan fingerprint density at radius 2 is 1.54 bits per heavy atom. The summed E-state index contributed by atoms with van der Waals surface area (Å²) < 4.78 is 2.17. The Balaban J connectivity index is 1.06. The summed E-state index contributed by atoms with van der Waals surface area (Å²) in [5.74, 6) is 0.0301. The number of piperazine rings is 1. The van der Waals surface area contributed by atoms with Crippen molar-refractivity contribution in [3.05, 3.63) is 101 Å². The number of nitrogens with zero attached hydrogens (tertiary/aromatic N) is 5. The maximum atomic E-state index is 11.6. The number of piperidine rings is 1. The fourth-order valence-corrected chi connectivity index (χ4v) is 6.37. The monoisotopic (exact) mass is 552 g/mol. The van der Waals surface area contributed by atoms with Crippen molar-refractivity contribution in [1.29, 1.82) is 0 Å². The molecule has 0 unspecified atom stereocenters. The van der Waals surface area contributed by atoms with Crippen LogP contribution >= 0.6 is 0 Å². The predicted octanol–water partition coefficient (Wildman–Crippen LogP) is 4.33. The molecule has 2 aliphatic rings. The average Bonchev–Trinajstić information content (AvgIpc) is 3.42. The first-order valence-corrected chi connectivity index (χ1v) is 14.7. The summed E-state index contributed by atoms with van der Waals surface area (Å²) in [7, 11) is 2.21. The lowest BCUT2D eigenvalue weighted by Crippen LogP contribution is -2.43. The van der Waals surface area contributed by atoms with Gasteiger partial charge < -0.3 is 9.47 Å². The van der Waals surface area contributed by atoms with Crippen LogP contribution in [-0.4, -0.2) is 81.7 Å². The van der Waals surface area contributed by atoms with Crippen molar-refractivity contribution in [2.24, 2.45) is 0 Å². The highest BCUT2D eigenvalue weighted by atomic mass is 16.5. The van der Waals surface area contributed by atoms with Crippen LogP contribution in [0.3, 0.4) is 0 Å². The minimum atomic E-state index is -0.505. The van der Waals surface area contributed by atoms with E-state index in [9.17, 15) is 4.79 Å². The lowest BCUT2D eigenvalue weighted by molar-refractivity contribution is 0.0706. The van der Waals surface area contributed by atoms with Gasteiger partial charge in [0, 0.05) is 69.2 Å². The van der Waals surface area contributed by atoms with E-state index in [0.717, 1.165) is 76.4 Å². The zero-order valence-electron chi connectivity index (χ0n) is 23.9. The quantitative estimate of drug-likeness (QED) is 0.250. The number of rotatable bonds is 8. The Hall–Kier alpha value is -3.56. The van der Waals surface area contributed by atoms with Crippen LogP contribution in [0.2, 0.25) is 0 Å². The second-order valence-electron chi connectivity index (χ2n) is 11.7. The molecule has 41 heavy (non-hydrogen) atoms. The van der Waals surface area contributed by atoms with Gasteiger partial charge in [0.15, 0.2) is 0 Å². The predicted molar refractivity (Wildman–Crippen MR) is 161 cm³/mol. The molecule has 0 bridgehead atoms. The molecule has 214 valence electrons. The Bertz CT molecular complexity index is 1470. The Labute approximate surface area is 242 Å². The maximum Gasteiger partial charge on any atom is 0.274 e. The second kappa shape index (κ2) is 12.5. The molecule has 0 spiro atoms. The number of likely N-dealkylation sites (tertiary alicyclic amines) is 1. The molecule has 2 fully saturated rings. The first-order chi connectivity index (χ1) is 20.1. The van der Waals surface area contributed by atoms with Gasteiger partial charge in [-0.1, -0.05) is 36.4 Å². The third-order valence-electron chi connectivity index (χ3n) is 8.79. The molecule has 2 N–H and O–H groups in total. The smallest absolute Gasteiger partial charge is 0.274 e. The number of hydrogen-bond donors (Lipinski definition) is 2. The van der Waals surface area contributed by atoms with Crippen molar-refractivity contribution in [2.75, 3.05) is 46.3 Å². The number of benzene rings is 2. The molecular weight excluding hydrogens is 512 g/mol. The lowest BCUT2D eigenvalue weighted by atomic mass is 9.88. The van der Waals surface area contributed by atoms with E-state index in [1.165, 1.54) is 22.1 Å². The number of carbonyl (C=O) groups excluding carboxylic acids is 1. The molecule has 0 atom stereocenters. The summed E-state index contributed by atoms with van der Waals surface area (Å²) in [5, 5.41) is 10.1. The van der Waals surface area contributed by atoms with Gasteiger partial charge in [0.2, 0.25) is 0 Å². The number of pyridine rings is 1. The number of hydrogen-bond acceptors (Lipinski definition) is 6. The summed E-state index contributed by atoms with van der Waals surface area (Å²) in [4.78, 5) is 23.9. The normalized spacial score (nSPS) is 17.7. The molecule has 0 aliphatic carbocycles. The van der Waals surface area contributed by atoms with Gasteiger partial charge in [-0.3, -0.25) is 19.8 Å². The molecule has 2 aromatic heterocycles. The highest BCUT2D eigenvalue weighted by molar-refractivity contribution is 5.93. The van der Waals surface area contributed by atoms with Gasteiger partial charge in [-0.15, -0.1) is 0 Å². The molecule has 6 rings (SSSR count). The number of carbonyl (C=O) groups is 1. The van der Waals surface area contributed by atoms with Gasteiger partial charge in [-0.2, -0.15) is 0 Å². The molecule has 1 amide bonds. The maximum absolute atomic E-state index is 11.6. The van der Waals surface area contributed by atoms with Crippen LogP contribution in [0.5, 0.6) is 0 Å². The largest absolute Gasteiger partial charge is 0.328 e. The number of amides is 1. The molecule has 2 aliphatic heterocycles. The van der Waals surface area contributed by atoms with Crippen LogP contribution in [0.15, 0.2) is 73.1 Å². The van der Waals surface area contributed by atoms with Gasteiger partial charge in [-0.05, 0) is 85.4 Å². The fourth-order valence-electron chi connectivity index (χ4n) is 6.37. The average molecular weight is 553 g/mol. The van der Waals surface area contributed by atoms with Crippen molar-refractivity contribution in [1.82, 2.24) is 29.7 Å². The van der Waals surface area contributed by atoms with Gasteiger partial charge in [0.25, 0.3) is 5.91 Å². The minimum Gasteiger partial charge on any atom is -0.328 e. The van der Waals surface area contributed by atoms with Crippen molar-refractivity contribution in [3.8, 4) is 0 Å². The van der Waals surface area contributed by atoms with Gasteiger partial charge in [0.05, 0.1) is 0 Å². The molecule has 8 nitrogen and oxygen atoms in total. The van der Waals surface area contributed by atoms with Crippen LogP contribution < -0.4 is 5.48 Å². The summed E-state index contributed by atoms with van der Waals surface area (Å²) in [6.45, 7) is 9.56. The Morgan fingerprint density at radius 3 is 2.22 bits per heavy atom. The van der Waals surface area contributed by atoms with Crippen molar-refractivity contribution in [2.45, 2.75) is 38.4 Å². The van der Waals surface area contributed by atoms with E-state index >= 15 is 0 Å². The SMILES string of the molecule is CN1CCN(Cc2cccc(CN3CCC(c4ccnc5c4ccn5Cc4ccc(C(=O)NO)cc4)CC3)c2)CC1. The third-order valence-corrected chi connectivity index (χ3v) is 8.79. The number of hydroxylamine groups is 1. The standard InChI is InChI=1S/C33H40N6O2/c1-36-17-19-38(20-18-36)23-27-4-2-3-26(21-27)22-37-14-10-28(11-15-37)30-9-13-34-32-31(30)12-16-39(32)24-25-5-7-29(8-6-25)33(40)35-41/h2-9,12-13,16,21,28,41H,10-11,14-15,17-20,22-24H2,1H3,(H,35,40). The highest BCUT2D eigenvalue weighted by Gasteiger charge is 2.23. The van der Waals surface area contributed by atoms with Crippen molar-refractivity contribution >= 4 is 16.9 Å². The Kier molecular flexibility index (Phi) is 8.43. The number of aromatic nitrogens is 2. The first-order valence-electron chi connectivity index (χ1n) is 14.7. The topological polar surface area (TPSA) is 76.9 Å². The van der Waals surface area contributed by atoms with Crippen molar-refractivity contribution < 1.29 is 10.0 Å². The zero-order valence-corrected chi connectivity index (χ0v) is 23.9.